The molecule has 0 saturated heterocycles. The van der Waals surface area contributed by atoms with Gasteiger partial charge in [-0.25, -0.2) is 0 Å². The van der Waals surface area contributed by atoms with Gasteiger partial charge in [0.25, 0.3) is 0 Å². The predicted molar refractivity (Wildman–Crippen MR) is 71.7 cm³/mol. The molecular formula is C12H23Na3O13. The van der Waals surface area contributed by atoms with Crippen LogP contribution < -0.4 is 104 Å². The van der Waals surface area contributed by atoms with E-state index in [0.717, 1.165) is 0 Å². The first-order chi connectivity index (χ1) is 11.5. The summed E-state index contributed by atoms with van der Waals surface area (Å²) in [6.07, 6.45) is -2.72. The zero-order valence-corrected chi connectivity index (χ0v) is 22.2. The van der Waals surface area contributed by atoms with Crippen LogP contribution in [0, 0.1) is 0 Å². The van der Waals surface area contributed by atoms with Crippen LogP contribution in [0.4, 0.5) is 0 Å². The van der Waals surface area contributed by atoms with Crippen LogP contribution in [-0.4, -0.2) is 98.9 Å². The van der Waals surface area contributed by atoms with Gasteiger partial charge in [-0.3, -0.25) is 0 Å². The first kappa shape index (κ1) is 47.1. The third-order valence-electron chi connectivity index (χ3n) is 1.55. The molecule has 7 N–H and O–H groups in total. The Kier molecular flexibility index (Phi) is 59.8. The molecule has 0 rings (SSSR count). The molecule has 13 nitrogen and oxygen atoms in total. The molecule has 0 aliphatic carbocycles. The average molecular weight is 444 g/mol. The summed E-state index contributed by atoms with van der Waals surface area (Å²) in [6.45, 7) is -0.750. The van der Waals surface area contributed by atoms with Gasteiger partial charge in [-0.1, -0.05) is 0 Å². The molecule has 0 amide bonds. The number of hydrogen-bond acceptors (Lipinski definition) is 13. The zero-order chi connectivity index (χ0) is 20.9. The molecule has 0 atom stereocenters. The number of carboxylic acids is 3. The molecule has 0 radical (unpaired) electrons. The summed E-state index contributed by atoms with van der Waals surface area (Å²) in [5, 5.41) is 84.7. The maximum Gasteiger partial charge on any atom is 1.00 e. The molecule has 0 aromatic carbocycles. The van der Waals surface area contributed by atoms with Gasteiger partial charge < -0.3 is 65.4 Å². The topological polar surface area (TPSA) is 262 Å². The van der Waals surface area contributed by atoms with Crippen molar-refractivity contribution in [2.24, 2.45) is 0 Å². The van der Waals surface area contributed by atoms with Crippen LogP contribution in [0.15, 0.2) is 0 Å². The molecule has 0 saturated carbocycles. The number of aliphatic carboxylic acids is 3. The van der Waals surface area contributed by atoms with Crippen molar-refractivity contribution in [1.29, 1.82) is 0 Å². The van der Waals surface area contributed by atoms with Gasteiger partial charge in [-0.05, 0) is 0 Å². The largest absolute Gasteiger partial charge is 1.00 e. The molecule has 0 unspecified atom stereocenters. The summed E-state index contributed by atoms with van der Waals surface area (Å²) in [7, 11) is 0. The van der Waals surface area contributed by atoms with Gasteiger partial charge in [0.2, 0.25) is 0 Å². The molecule has 0 aromatic heterocycles. The van der Waals surface area contributed by atoms with Gasteiger partial charge in [-0.2, -0.15) is 0 Å². The van der Waals surface area contributed by atoms with Gasteiger partial charge in [0.05, 0.1) is 45.6 Å². The Morgan fingerprint density at radius 1 is 0.571 bits per heavy atom. The summed E-state index contributed by atoms with van der Waals surface area (Å²) in [5.74, 6) is -5.98. The fraction of sp³-hybridized carbons (Fsp3) is 0.750. The van der Waals surface area contributed by atoms with E-state index in [9.17, 15) is 29.7 Å². The van der Waals surface area contributed by atoms with E-state index in [1.54, 1.807) is 0 Å². The fourth-order valence-electron chi connectivity index (χ4n) is 0.684. The molecule has 0 bridgehead atoms. The Morgan fingerprint density at radius 2 is 0.750 bits per heavy atom. The van der Waals surface area contributed by atoms with E-state index in [1.165, 1.54) is 0 Å². The number of carbonyl (C=O) groups is 3. The minimum atomic E-state index is -2.97. The zero-order valence-electron chi connectivity index (χ0n) is 16.2. The SMILES string of the molecule is O=C([O-])CC(O)(CC(=O)[O-])C(=O)[O-].OCCO.OCCO.OCCO.[Na+].[Na+].[Na+]. The summed E-state index contributed by atoms with van der Waals surface area (Å²) in [5.41, 5.74) is -2.97. The Balaban J connectivity index is -0.0000000493. The first-order valence-corrected chi connectivity index (χ1v) is 6.51. The summed E-state index contributed by atoms with van der Waals surface area (Å²) in [6, 6.07) is 0. The molecule has 0 aliphatic heterocycles. The minimum Gasteiger partial charge on any atom is -0.550 e. The second-order valence-electron chi connectivity index (χ2n) is 3.76. The molecule has 28 heavy (non-hydrogen) atoms. The van der Waals surface area contributed by atoms with Gasteiger partial charge in [-0.15, -0.1) is 0 Å². The molecule has 0 fully saturated rings. The number of carboxylic acid groups (broad SMARTS) is 3. The van der Waals surface area contributed by atoms with Gasteiger partial charge in [0.15, 0.2) is 0 Å². The minimum absolute atomic E-state index is 0. The molecular weight excluding hydrogens is 421 g/mol. The average Bonchev–Trinajstić information content (AvgIpc) is 2.53. The molecule has 0 aliphatic rings. The Morgan fingerprint density at radius 3 is 0.821 bits per heavy atom. The quantitative estimate of drug-likeness (QED) is 0.172. The van der Waals surface area contributed by atoms with Crippen LogP contribution in [-0.2, 0) is 14.4 Å². The van der Waals surface area contributed by atoms with Crippen molar-refractivity contribution >= 4 is 17.9 Å². The number of aliphatic hydroxyl groups excluding tert-OH is 6. The summed E-state index contributed by atoms with van der Waals surface area (Å²) >= 11 is 0. The van der Waals surface area contributed by atoms with Crippen LogP contribution in [0.25, 0.3) is 0 Å². The third kappa shape index (κ3) is 45.7. The van der Waals surface area contributed by atoms with Crippen LogP contribution in [0.3, 0.4) is 0 Å². The standard InChI is InChI=1S/C6H8O7.3C2H6O2.3Na/c7-3(8)1-6(13,5(11)12)2-4(9)10;3*3-1-2-4;;;/h13H,1-2H2,(H,7,8)(H,9,10)(H,11,12);3*3-4H,1-2H2;;;/q;;;;3*+1/p-3. The van der Waals surface area contributed by atoms with E-state index in [4.69, 9.17) is 35.7 Å². The maximum atomic E-state index is 10.1. The van der Waals surface area contributed by atoms with Crippen molar-refractivity contribution in [1.82, 2.24) is 0 Å². The van der Waals surface area contributed by atoms with E-state index >= 15 is 0 Å². The van der Waals surface area contributed by atoms with Crippen LogP contribution in [0.5, 0.6) is 0 Å². The second kappa shape index (κ2) is 35.6. The normalized spacial score (nSPS) is 8.25. The van der Waals surface area contributed by atoms with Crippen LogP contribution in [0.2, 0.25) is 0 Å². The number of carbonyl (C=O) groups excluding carboxylic acids is 3. The van der Waals surface area contributed by atoms with E-state index < -0.39 is 36.4 Å². The molecule has 152 valence electrons. The summed E-state index contributed by atoms with van der Waals surface area (Å²) < 4.78 is 0. The number of aliphatic hydroxyl groups is 7. The van der Waals surface area contributed by atoms with E-state index in [2.05, 4.69) is 0 Å². The van der Waals surface area contributed by atoms with Gasteiger partial charge >= 0.3 is 88.7 Å². The number of rotatable bonds is 8. The fourth-order valence-corrected chi connectivity index (χ4v) is 0.684. The van der Waals surface area contributed by atoms with Crippen LogP contribution in [0.1, 0.15) is 12.8 Å². The van der Waals surface area contributed by atoms with Crippen molar-refractivity contribution in [2.45, 2.75) is 18.4 Å². The Hall–Kier alpha value is 1.13. The van der Waals surface area contributed by atoms with E-state index in [0.29, 0.717) is 0 Å². The van der Waals surface area contributed by atoms with Crippen molar-refractivity contribution in [3.05, 3.63) is 0 Å². The Labute approximate surface area is 227 Å². The third-order valence-corrected chi connectivity index (χ3v) is 1.55. The van der Waals surface area contributed by atoms with Gasteiger partial charge in [0, 0.05) is 24.8 Å². The van der Waals surface area contributed by atoms with E-state index in [-0.39, 0.29) is 128 Å². The van der Waals surface area contributed by atoms with Gasteiger partial charge in [0.1, 0.15) is 5.60 Å². The molecule has 0 aromatic rings. The molecule has 0 heterocycles. The van der Waals surface area contributed by atoms with Crippen molar-refractivity contribution in [2.75, 3.05) is 39.6 Å². The van der Waals surface area contributed by atoms with Crippen molar-refractivity contribution < 1.29 is 154 Å². The first-order valence-electron chi connectivity index (χ1n) is 6.51. The molecule has 0 spiro atoms. The predicted octanol–water partition coefficient (Wildman–Crippen LogP) is -17.3. The van der Waals surface area contributed by atoms with Crippen molar-refractivity contribution in [3.63, 3.8) is 0 Å². The monoisotopic (exact) mass is 444 g/mol. The van der Waals surface area contributed by atoms with Crippen LogP contribution >= 0.6 is 0 Å². The molecule has 16 heteroatoms. The van der Waals surface area contributed by atoms with E-state index in [1.807, 2.05) is 0 Å². The number of hydrogen-bond donors (Lipinski definition) is 7. The maximum absolute atomic E-state index is 10.1. The second-order valence-corrected chi connectivity index (χ2v) is 3.76. The smallest absolute Gasteiger partial charge is 0.550 e. The summed E-state index contributed by atoms with van der Waals surface area (Å²) in [4.78, 5) is 30.0. The van der Waals surface area contributed by atoms with Crippen molar-refractivity contribution in [3.8, 4) is 0 Å². The Bertz CT molecular complexity index is 313.